The summed E-state index contributed by atoms with van der Waals surface area (Å²) in [7, 11) is 1.45. The van der Waals surface area contributed by atoms with E-state index in [1.807, 2.05) is 12.1 Å². The van der Waals surface area contributed by atoms with Crippen LogP contribution in [0.1, 0.15) is 12.0 Å². The van der Waals surface area contributed by atoms with Gasteiger partial charge in [0.05, 0.1) is 0 Å². The second-order valence-corrected chi connectivity index (χ2v) is 3.56. The van der Waals surface area contributed by atoms with Crippen LogP contribution in [0, 0.1) is 0 Å². The quantitative estimate of drug-likeness (QED) is 0.697. The van der Waals surface area contributed by atoms with Crippen molar-refractivity contribution >= 4 is 5.97 Å². The van der Waals surface area contributed by atoms with E-state index in [1.54, 1.807) is 12.1 Å². The lowest BCUT2D eigenvalue weighted by Gasteiger charge is -2.08. The SMILES string of the molecule is COC(O)CCc1ccc(OCC(=O)O)cc1. The first-order chi connectivity index (χ1) is 8.11. The molecule has 0 aliphatic heterocycles. The summed E-state index contributed by atoms with van der Waals surface area (Å²) in [5.41, 5.74) is 1.03. The fraction of sp³-hybridized carbons (Fsp3) is 0.417. The zero-order valence-corrected chi connectivity index (χ0v) is 9.63. The van der Waals surface area contributed by atoms with E-state index in [-0.39, 0.29) is 6.61 Å². The fourth-order valence-electron chi connectivity index (χ4n) is 1.31. The highest BCUT2D eigenvalue weighted by atomic mass is 16.6. The van der Waals surface area contributed by atoms with Crippen LogP contribution in [0.2, 0.25) is 0 Å². The Morgan fingerprint density at radius 1 is 1.35 bits per heavy atom. The van der Waals surface area contributed by atoms with Crippen molar-refractivity contribution in [3.05, 3.63) is 29.8 Å². The maximum atomic E-state index is 10.3. The number of aryl methyl sites for hydroxylation is 1. The maximum Gasteiger partial charge on any atom is 0.341 e. The molecule has 1 unspecified atom stereocenters. The van der Waals surface area contributed by atoms with E-state index in [9.17, 15) is 9.90 Å². The Morgan fingerprint density at radius 3 is 2.53 bits per heavy atom. The third-order valence-electron chi connectivity index (χ3n) is 2.24. The summed E-state index contributed by atoms with van der Waals surface area (Å²) in [6.07, 6.45) is 0.456. The summed E-state index contributed by atoms with van der Waals surface area (Å²) in [4.78, 5) is 10.3. The average molecular weight is 240 g/mol. The van der Waals surface area contributed by atoms with Crippen LogP contribution in [0.25, 0.3) is 0 Å². The number of carbonyl (C=O) groups is 1. The summed E-state index contributed by atoms with van der Waals surface area (Å²) in [5.74, 6) is -0.485. The van der Waals surface area contributed by atoms with Crippen LogP contribution < -0.4 is 4.74 Å². The Bertz CT molecular complexity index is 346. The normalized spacial score (nSPS) is 12.1. The second kappa shape index (κ2) is 6.88. The lowest BCUT2D eigenvalue weighted by molar-refractivity contribution is -0.139. The van der Waals surface area contributed by atoms with E-state index in [2.05, 4.69) is 0 Å². The minimum Gasteiger partial charge on any atom is -0.482 e. The zero-order chi connectivity index (χ0) is 12.7. The van der Waals surface area contributed by atoms with Gasteiger partial charge in [0.15, 0.2) is 12.9 Å². The molecule has 0 saturated heterocycles. The number of ether oxygens (including phenoxy) is 2. The van der Waals surface area contributed by atoms with Crippen LogP contribution in [0.3, 0.4) is 0 Å². The Balaban J connectivity index is 2.41. The summed E-state index contributed by atoms with van der Waals surface area (Å²) < 4.78 is 9.72. The summed E-state index contributed by atoms with van der Waals surface area (Å²) in [5, 5.41) is 17.6. The second-order valence-electron chi connectivity index (χ2n) is 3.56. The highest BCUT2D eigenvalue weighted by molar-refractivity contribution is 5.68. The molecule has 5 nitrogen and oxygen atoms in total. The molecule has 0 saturated carbocycles. The molecule has 0 bridgehead atoms. The van der Waals surface area contributed by atoms with Crippen LogP contribution >= 0.6 is 0 Å². The fourth-order valence-corrected chi connectivity index (χ4v) is 1.31. The first-order valence-corrected chi connectivity index (χ1v) is 5.26. The number of benzene rings is 1. The van der Waals surface area contributed by atoms with Crippen molar-refractivity contribution in [1.82, 2.24) is 0 Å². The molecule has 2 N–H and O–H groups in total. The van der Waals surface area contributed by atoms with E-state index in [0.717, 1.165) is 5.56 Å². The van der Waals surface area contributed by atoms with Gasteiger partial charge in [0.2, 0.25) is 0 Å². The van der Waals surface area contributed by atoms with E-state index in [0.29, 0.717) is 18.6 Å². The predicted octanol–water partition coefficient (Wildman–Crippen LogP) is 1.05. The van der Waals surface area contributed by atoms with Gasteiger partial charge in [0.25, 0.3) is 0 Å². The molecule has 1 atom stereocenters. The molecule has 0 radical (unpaired) electrons. The number of aliphatic carboxylic acids is 1. The molecule has 0 amide bonds. The highest BCUT2D eigenvalue weighted by Gasteiger charge is 2.03. The molecule has 94 valence electrons. The van der Waals surface area contributed by atoms with E-state index in [1.165, 1.54) is 7.11 Å². The first kappa shape index (κ1) is 13.5. The Hall–Kier alpha value is -1.59. The summed E-state index contributed by atoms with van der Waals surface area (Å²) in [6.45, 7) is -0.346. The van der Waals surface area contributed by atoms with Gasteiger partial charge in [-0.2, -0.15) is 0 Å². The number of hydrogen-bond donors (Lipinski definition) is 2. The third kappa shape index (κ3) is 5.33. The van der Waals surface area contributed by atoms with Gasteiger partial charge in [0, 0.05) is 13.5 Å². The van der Waals surface area contributed by atoms with E-state index in [4.69, 9.17) is 14.6 Å². The van der Waals surface area contributed by atoms with E-state index < -0.39 is 12.3 Å². The minimum atomic E-state index is -1.00. The number of carboxylic acid groups (broad SMARTS) is 1. The van der Waals surface area contributed by atoms with Crippen molar-refractivity contribution in [2.24, 2.45) is 0 Å². The average Bonchev–Trinajstić information content (AvgIpc) is 2.34. The van der Waals surface area contributed by atoms with Crippen LogP contribution in [0.5, 0.6) is 5.75 Å². The van der Waals surface area contributed by atoms with Crippen LogP contribution in [-0.4, -0.2) is 36.2 Å². The molecule has 17 heavy (non-hydrogen) atoms. The zero-order valence-electron chi connectivity index (χ0n) is 9.63. The van der Waals surface area contributed by atoms with Gasteiger partial charge in [-0.1, -0.05) is 12.1 Å². The number of hydrogen-bond acceptors (Lipinski definition) is 4. The maximum absolute atomic E-state index is 10.3. The van der Waals surface area contributed by atoms with Gasteiger partial charge in [-0.3, -0.25) is 0 Å². The monoisotopic (exact) mass is 240 g/mol. The molecular weight excluding hydrogens is 224 g/mol. The van der Waals surface area contributed by atoms with Gasteiger partial charge in [0.1, 0.15) is 5.75 Å². The van der Waals surface area contributed by atoms with E-state index >= 15 is 0 Å². The lowest BCUT2D eigenvalue weighted by Crippen LogP contribution is -2.10. The summed E-state index contributed by atoms with van der Waals surface area (Å²) in [6, 6.07) is 7.08. The topological polar surface area (TPSA) is 76.0 Å². The Morgan fingerprint density at radius 2 is 2.00 bits per heavy atom. The van der Waals surface area contributed by atoms with Crippen LogP contribution in [0.15, 0.2) is 24.3 Å². The van der Waals surface area contributed by atoms with Gasteiger partial charge in [-0.25, -0.2) is 4.79 Å². The van der Waals surface area contributed by atoms with Gasteiger partial charge in [-0.05, 0) is 24.1 Å². The molecule has 0 aromatic heterocycles. The number of carboxylic acids is 1. The standard InChI is InChI=1S/C12H16O5/c1-16-12(15)7-4-9-2-5-10(6-3-9)17-8-11(13)14/h2-3,5-6,12,15H,4,7-8H2,1H3,(H,13,14). The van der Waals surface area contributed by atoms with Crippen LogP contribution in [-0.2, 0) is 16.0 Å². The molecule has 0 aliphatic carbocycles. The number of rotatable bonds is 7. The number of methoxy groups -OCH3 is 1. The first-order valence-electron chi connectivity index (χ1n) is 5.26. The largest absolute Gasteiger partial charge is 0.482 e. The van der Waals surface area contributed by atoms with Crippen molar-refractivity contribution in [2.45, 2.75) is 19.1 Å². The molecule has 1 rings (SSSR count). The molecule has 5 heteroatoms. The van der Waals surface area contributed by atoms with Crippen molar-refractivity contribution in [2.75, 3.05) is 13.7 Å². The Kier molecular flexibility index (Phi) is 5.45. The molecular formula is C12H16O5. The van der Waals surface area contributed by atoms with Gasteiger partial charge in [-0.15, -0.1) is 0 Å². The van der Waals surface area contributed by atoms with Crippen molar-refractivity contribution in [3.63, 3.8) is 0 Å². The molecule has 1 aromatic rings. The lowest BCUT2D eigenvalue weighted by atomic mass is 10.1. The highest BCUT2D eigenvalue weighted by Crippen LogP contribution is 2.14. The Labute approximate surface area is 99.6 Å². The van der Waals surface area contributed by atoms with Gasteiger partial charge >= 0.3 is 5.97 Å². The van der Waals surface area contributed by atoms with Crippen molar-refractivity contribution in [1.29, 1.82) is 0 Å². The molecule has 0 heterocycles. The summed E-state index contributed by atoms with van der Waals surface area (Å²) >= 11 is 0. The molecule has 1 aromatic carbocycles. The number of aliphatic hydroxyl groups excluding tert-OH is 1. The van der Waals surface area contributed by atoms with Crippen LogP contribution in [0.4, 0.5) is 0 Å². The molecule has 0 fully saturated rings. The smallest absolute Gasteiger partial charge is 0.341 e. The van der Waals surface area contributed by atoms with Gasteiger partial charge < -0.3 is 19.7 Å². The molecule has 0 spiro atoms. The third-order valence-corrected chi connectivity index (χ3v) is 2.24. The number of aliphatic hydroxyl groups is 1. The molecule has 0 aliphatic rings. The minimum absolute atomic E-state index is 0.346. The van der Waals surface area contributed by atoms with Crippen molar-refractivity contribution in [3.8, 4) is 5.75 Å². The van der Waals surface area contributed by atoms with Crippen molar-refractivity contribution < 1.29 is 24.5 Å². The predicted molar refractivity (Wildman–Crippen MR) is 60.9 cm³/mol.